The van der Waals surface area contributed by atoms with Gasteiger partial charge < -0.3 is 16.2 Å². The maximum atomic E-state index is 10.7. The normalized spacial score (nSPS) is 20.8. The molecule has 0 atom stereocenters. The molecule has 5 nitrogen and oxygen atoms in total. The highest BCUT2D eigenvalue weighted by molar-refractivity contribution is 5.81. The third kappa shape index (κ3) is 1.50. The minimum absolute atomic E-state index is 0.467. The van der Waals surface area contributed by atoms with E-state index < -0.39 is 11.5 Å². The van der Waals surface area contributed by atoms with Crippen molar-refractivity contribution in [1.82, 2.24) is 10.6 Å². The fourth-order valence-corrected chi connectivity index (χ4v) is 1.04. The third-order valence-electron chi connectivity index (χ3n) is 1.87. The molecular weight excluding hydrogens is 146 g/mol. The van der Waals surface area contributed by atoms with Crippen molar-refractivity contribution >= 4 is 5.97 Å². The molecule has 0 aromatic carbocycles. The highest BCUT2D eigenvalue weighted by atomic mass is 16.4. The molecule has 0 aliphatic carbocycles. The van der Waals surface area contributed by atoms with Gasteiger partial charge >= 0.3 is 5.97 Å². The monoisotopic (exact) mass is 159 g/mol. The van der Waals surface area contributed by atoms with Crippen molar-refractivity contribution < 1.29 is 9.90 Å². The minimum Gasteiger partial charge on any atom is -0.480 e. The summed E-state index contributed by atoms with van der Waals surface area (Å²) < 4.78 is 0. The van der Waals surface area contributed by atoms with E-state index in [0.29, 0.717) is 26.2 Å². The zero-order chi connectivity index (χ0) is 8.32. The van der Waals surface area contributed by atoms with Crippen LogP contribution in [0.25, 0.3) is 0 Å². The van der Waals surface area contributed by atoms with E-state index in [1.165, 1.54) is 0 Å². The number of rotatable bonds is 4. The molecule has 5 N–H and O–H groups in total. The predicted octanol–water partition coefficient (Wildman–Crippen LogP) is -2.04. The Morgan fingerprint density at radius 1 is 1.73 bits per heavy atom. The molecule has 0 aromatic heterocycles. The highest BCUT2D eigenvalue weighted by Gasteiger charge is 2.43. The molecule has 1 heterocycles. The summed E-state index contributed by atoms with van der Waals surface area (Å²) in [6, 6.07) is 0. The molecule has 1 saturated heterocycles. The lowest BCUT2D eigenvalue weighted by Gasteiger charge is -2.39. The molecular formula is C6H13N3O2. The molecule has 5 heteroatoms. The number of nitrogens with one attached hydrogen (secondary N) is 2. The summed E-state index contributed by atoms with van der Waals surface area (Å²) >= 11 is 0. The van der Waals surface area contributed by atoms with E-state index in [1.54, 1.807) is 0 Å². The van der Waals surface area contributed by atoms with Gasteiger partial charge in [-0.1, -0.05) is 0 Å². The lowest BCUT2D eigenvalue weighted by Crippen LogP contribution is -2.72. The number of aliphatic carboxylic acids is 1. The van der Waals surface area contributed by atoms with Gasteiger partial charge in [-0.15, -0.1) is 0 Å². The Morgan fingerprint density at radius 2 is 2.36 bits per heavy atom. The lowest BCUT2D eigenvalue weighted by atomic mass is 9.93. The standard InChI is InChI=1S/C6H13N3O2/c7-1-2-9-6(5(10)11)3-8-4-6/h8-9H,1-4,7H2,(H,10,11). The fourth-order valence-electron chi connectivity index (χ4n) is 1.04. The molecule has 1 aliphatic rings. The van der Waals surface area contributed by atoms with Gasteiger partial charge in [-0.05, 0) is 0 Å². The van der Waals surface area contributed by atoms with Crippen LogP contribution in [-0.4, -0.2) is 42.8 Å². The predicted molar refractivity (Wildman–Crippen MR) is 40.3 cm³/mol. The van der Waals surface area contributed by atoms with Crippen LogP contribution < -0.4 is 16.4 Å². The van der Waals surface area contributed by atoms with Gasteiger partial charge in [-0.25, -0.2) is 0 Å². The van der Waals surface area contributed by atoms with Gasteiger partial charge in [0.05, 0.1) is 0 Å². The van der Waals surface area contributed by atoms with Crippen molar-refractivity contribution in [1.29, 1.82) is 0 Å². The van der Waals surface area contributed by atoms with Crippen LogP contribution >= 0.6 is 0 Å². The summed E-state index contributed by atoms with van der Waals surface area (Å²) in [5.74, 6) is -0.801. The number of carboxylic acids is 1. The molecule has 0 spiro atoms. The van der Waals surface area contributed by atoms with Crippen LogP contribution in [0.15, 0.2) is 0 Å². The molecule has 1 fully saturated rings. The first kappa shape index (κ1) is 8.45. The SMILES string of the molecule is NCCNC1(C(=O)O)CNC1. The largest absolute Gasteiger partial charge is 0.480 e. The van der Waals surface area contributed by atoms with Gasteiger partial charge in [0.2, 0.25) is 0 Å². The first-order valence-electron chi connectivity index (χ1n) is 3.60. The van der Waals surface area contributed by atoms with Gasteiger partial charge in [0.15, 0.2) is 0 Å². The molecule has 0 unspecified atom stereocenters. The van der Waals surface area contributed by atoms with Gasteiger partial charge in [0, 0.05) is 26.2 Å². The van der Waals surface area contributed by atoms with Gasteiger partial charge in [-0.2, -0.15) is 0 Å². The topological polar surface area (TPSA) is 87.4 Å². The van der Waals surface area contributed by atoms with E-state index in [-0.39, 0.29) is 0 Å². The maximum absolute atomic E-state index is 10.7. The Hall–Kier alpha value is -0.650. The molecule has 0 bridgehead atoms. The van der Waals surface area contributed by atoms with Gasteiger partial charge in [0.25, 0.3) is 0 Å². The molecule has 0 amide bonds. The van der Waals surface area contributed by atoms with Crippen molar-refractivity contribution in [2.45, 2.75) is 5.54 Å². The van der Waals surface area contributed by atoms with Crippen molar-refractivity contribution in [3.05, 3.63) is 0 Å². The van der Waals surface area contributed by atoms with Crippen LogP contribution in [0.1, 0.15) is 0 Å². The van der Waals surface area contributed by atoms with Crippen molar-refractivity contribution in [3.63, 3.8) is 0 Å². The zero-order valence-electron chi connectivity index (χ0n) is 6.26. The highest BCUT2D eigenvalue weighted by Crippen LogP contribution is 2.09. The molecule has 64 valence electrons. The number of hydrogen-bond donors (Lipinski definition) is 4. The summed E-state index contributed by atoms with van der Waals surface area (Å²) in [6.45, 7) is 1.99. The van der Waals surface area contributed by atoms with Crippen molar-refractivity contribution in [2.24, 2.45) is 5.73 Å². The smallest absolute Gasteiger partial charge is 0.326 e. The van der Waals surface area contributed by atoms with Crippen molar-refractivity contribution in [3.8, 4) is 0 Å². The minimum atomic E-state index is -0.801. The molecule has 0 aromatic rings. The Labute approximate surface area is 65.0 Å². The van der Waals surface area contributed by atoms with Crippen LogP contribution in [0, 0.1) is 0 Å². The van der Waals surface area contributed by atoms with E-state index in [2.05, 4.69) is 10.6 Å². The summed E-state index contributed by atoms with van der Waals surface area (Å²) in [5.41, 5.74) is 4.49. The second kappa shape index (κ2) is 3.17. The molecule has 1 rings (SSSR count). The first-order chi connectivity index (χ1) is 5.21. The van der Waals surface area contributed by atoms with Crippen LogP contribution in [0.3, 0.4) is 0 Å². The van der Waals surface area contributed by atoms with Crippen LogP contribution in [-0.2, 0) is 4.79 Å². The number of carboxylic acid groups (broad SMARTS) is 1. The average molecular weight is 159 g/mol. The average Bonchev–Trinajstić information content (AvgIpc) is 1.85. The number of carbonyl (C=O) groups is 1. The fraction of sp³-hybridized carbons (Fsp3) is 0.833. The van der Waals surface area contributed by atoms with Gasteiger partial charge in [-0.3, -0.25) is 10.1 Å². The van der Waals surface area contributed by atoms with E-state index in [1.807, 2.05) is 0 Å². The number of nitrogens with two attached hydrogens (primary N) is 1. The van der Waals surface area contributed by atoms with Gasteiger partial charge in [0.1, 0.15) is 5.54 Å². The summed E-state index contributed by atoms with van der Waals surface area (Å²) in [4.78, 5) is 10.7. The van der Waals surface area contributed by atoms with Crippen LogP contribution in [0.2, 0.25) is 0 Å². The Kier molecular flexibility index (Phi) is 2.43. The second-order valence-electron chi connectivity index (χ2n) is 2.71. The van der Waals surface area contributed by atoms with Crippen molar-refractivity contribution in [2.75, 3.05) is 26.2 Å². The molecule has 0 saturated carbocycles. The quantitative estimate of drug-likeness (QED) is 0.379. The molecule has 0 radical (unpaired) electrons. The Balaban J connectivity index is 2.40. The zero-order valence-corrected chi connectivity index (χ0v) is 6.26. The number of hydrogen-bond acceptors (Lipinski definition) is 4. The second-order valence-corrected chi connectivity index (χ2v) is 2.71. The first-order valence-corrected chi connectivity index (χ1v) is 3.60. The Bertz CT molecular complexity index is 156. The van der Waals surface area contributed by atoms with E-state index in [4.69, 9.17) is 10.8 Å². The maximum Gasteiger partial charge on any atom is 0.326 e. The summed E-state index contributed by atoms with van der Waals surface area (Å²) in [7, 11) is 0. The summed E-state index contributed by atoms with van der Waals surface area (Å²) in [5, 5.41) is 14.6. The van der Waals surface area contributed by atoms with E-state index >= 15 is 0 Å². The Morgan fingerprint density at radius 3 is 2.64 bits per heavy atom. The van der Waals surface area contributed by atoms with E-state index in [9.17, 15) is 4.79 Å². The van der Waals surface area contributed by atoms with Crippen LogP contribution in [0.5, 0.6) is 0 Å². The summed E-state index contributed by atoms with van der Waals surface area (Å²) in [6.07, 6.45) is 0. The van der Waals surface area contributed by atoms with E-state index in [0.717, 1.165) is 0 Å². The van der Waals surface area contributed by atoms with Crippen LogP contribution in [0.4, 0.5) is 0 Å². The molecule has 1 aliphatic heterocycles. The third-order valence-corrected chi connectivity index (χ3v) is 1.87. The molecule has 11 heavy (non-hydrogen) atoms. The lowest BCUT2D eigenvalue weighted by molar-refractivity contribution is -0.147.